The van der Waals surface area contributed by atoms with E-state index in [2.05, 4.69) is 267 Å². The van der Waals surface area contributed by atoms with Gasteiger partial charge in [-0.05, 0) is 140 Å². The maximum absolute atomic E-state index is 2.64. The van der Waals surface area contributed by atoms with Gasteiger partial charge in [0, 0.05) is 75.1 Å². The van der Waals surface area contributed by atoms with Gasteiger partial charge in [0.1, 0.15) is 0 Å². The summed E-state index contributed by atoms with van der Waals surface area (Å²) in [6.07, 6.45) is 0. The largest absolute Gasteiger partial charge is 0.319 e. The number of hydrogen-bond donors (Lipinski definition) is 0. The van der Waals surface area contributed by atoms with Crippen LogP contribution in [0.4, 0.5) is 34.1 Å². The van der Waals surface area contributed by atoms with E-state index in [1.807, 2.05) is 23.1 Å². The summed E-state index contributed by atoms with van der Waals surface area (Å²) in [4.78, 5) is 7.64. The van der Waals surface area contributed by atoms with Crippen LogP contribution in [0.25, 0.3) is 36.8 Å². The lowest BCUT2D eigenvalue weighted by Crippen LogP contribution is -2.62. The fourth-order valence-corrected chi connectivity index (χ4v) is 13.4. The Bertz CT molecular complexity index is 3740. The van der Waals surface area contributed by atoms with Gasteiger partial charge in [-0.25, -0.2) is 0 Å². The third-order valence-corrected chi connectivity index (χ3v) is 17.5. The molecule has 2 aliphatic heterocycles. The fourth-order valence-electron chi connectivity index (χ4n) is 11.3. The Hall–Kier alpha value is -6.47. The Kier molecular flexibility index (Phi) is 10.7. The third kappa shape index (κ3) is 7.62. The maximum atomic E-state index is 2.64. The van der Waals surface area contributed by atoms with Crippen LogP contribution in [0.15, 0.2) is 180 Å². The minimum atomic E-state index is -0.0966. The van der Waals surface area contributed by atoms with Gasteiger partial charge in [0.2, 0.25) is 0 Å². The number of thiophene rings is 1. The highest BCUT2D eigenvalue weighted by molar-refractivity contribution is 7.99. The Morgan fingerprint density at radius 1 is 0.431 bits per heavy atom. The number of benzene rings is 8. The Morgan fingerprint density at radius 3 is 1.50 bits per heavy atom. The van der Waals surface area contributed by atoms with Crippen molar-refractivity contribution >= 4 is 112 Å². The summed E-state index contributed by atoms with van der Waals surface area (Å²) in [5.41, 5.74) is 19.0. The molecule has 4 heterocycles. The van der Waals surface area contributed by atoms with E-state index in [4.69, 9.17) is 0 Å². The minimum absolute atomic E-state index is 0.0147. The Morgan fingerprint density at radius 2 is 0.931 bits per heavy atom. The van der Waals surface area contributed by atoms with E-state index in [0.29, 0.717) is 0 Å². The molecule has 3 nitrogen and oxygen atoms in total. The predicted octanol–water partition coefficient (Wildman–Crippen LogP) is 17.4. The van der Waals surface area contributed by atoms with E-state index in [1.165, 1.54) is 108 Å². The second kappa shape index (κ2) is 16.5. The van der Waals surface area contributed by atoms with Gasteiger partial charge in [-0.15, -0.1) is 11.3 Å². The highest BCUT2D eigenvalue weighted by atomic mass is 32.2. The monoisotopic (exact) mass is 973 g/mol. The zero-order valence-electron chi connectivity index (χ0n) is 43.9. The molecule has 0 saturated heterocycles. The first-order valence-corrected chi connectivity index (χ1v) is 27.3. The lowest BCUT2D eigenvalue weighted by molar-refractivity contribution is 0.589. The highest BCUT2D eigenvalue weighted by Gasteiger charge is 2.47. The predicted molar refractivity (Wildman–Crippen MR) is 316 cm³/mol. The van der Waals surface area contributed by atoms with Gasteiger partial charge in [-0.1, -0.05) is 180 Å². The molecule has 0 spiro atoms. The molecule has 12 rings (SSSR count). The molecule has 358 valence electrons. The second-order valence-electron chi connectivity index (χ2n) is 24.3. The molecule has 0 unspecified atom stereocenters. The van der Waals surface area contributed by atoms with Crippen LogP contribution in [0.2, 0.25) is 0 Å². The van der Waals surface area contributed by atoms with E-state index in [1.54, 1.807) is 0 Å². The minimum Gasteiger partial charge on any atom is -0.319 e. The van der Waals surface area contributed by atoms with Crippen LogP contribution in [0.3, 0.4) is 0 Å². The molecule has 0 atom stereocenters. The summed E-state index contributed by atoms with van der Waals surface area (Å²) < 4.78 is 5.27. The molecule has 0 fully saturated rings. The summed E-state index contributed by atoms with van der Waals surface area (Å²) in [7, 11) is 0. The lowest BCUT2D eigenvalue weighted by Gasteiger charge is -2.43. The van der Waals surface area contributed by atoms with Crippen molar-refractivity contribution in [3.05, 3.63) is 192 Å². The number of aromatic nitrogens is 1. The first-order chi connectivity index (χ1) is 34.2. The van der Waals surface area contributed by atoms with Crippen molar-refractivity contribution in [1.82, 2.24) is 4.57 Å². The summed E-state index contributed by atoms with van der Waals surface area (Å²) >= 11 is 3.78. The summed E-state index contributed by atoms with van der Waals surface area (Å²) in [5, 5.41) is 3.91. The number of anilines is 6. The van der Waals surface area contributed by atoms with Crippen LogP contribution in [-0.2, 0) is 21.7 Å². The van der Waals surface area contributed by atoms with Crippen molar-refractivity contribution in [1.29, 1.82) is 0 Å². The van der Waals surface area contributed by atoms with Crippen molar-refractivity contribution in [3.8, 4) is 5.69 Å². The van der Waals surface area contributed by atoms with Gasteiger partial charge in [0.25, 0.3) is 6.71 Å². The Labute approximate surface area is 435 Å². The number of hydrogen-bond acceptors (Lipinski definition) is 4. The zero-order valence-corrected chi connectivity index (χ0v) is 45.5. The van der Waals surface area contributed by atoms with Crippen LogP contribution >= 0.6 is 23.1 Å². The second-order valence-corrected chi connectivity index (χ2v) is 26.5. The molecular weight excluding hydrogens is 910 g/mol. The molecule has 2 aromatic heterocycles. The normalized spacial score (nSPS) is 13.8. The van der Waals surface area contributed by atoms with Gasteiger partial charge in [-0.2, -0.15) is 0 Å². The molecule has 0 bridgehead atoms. The smallest absolute Gasteiger partial charge is 0.273 e. The number of fused-ring (bicyclic) bond motifs is 10. The number of nitrogens with zero attached hydrogens (tertiary/aromatic N) is 3. The average Bonchev–Trinajstić information content (AvgIpc) is 3.89. The van der Waals surface area contributed by atoms with Crippen LogP contribution in [0, 0.1) is 0 Å². The maximum Gasteiger partial charge on any atom is 0.273 e. The molecule has 10 aromatic rings. The summed E-state index contributed by atoms with van der Waals surface area (Å²) in [6, 6.07) is 65.6. The molecule has 8 aromatic carbocycles. The van der Waals surface area contributed by atoms with Crippen LogP contribution in [-0.4, -0.2) is 11.3 Å². The molecule has 0 saturated carbocycles. The van der Waals surface area contributed by atoms with Crippen LogP contribution in [0.5, 0.6) is 0 Å². The average molecular weight is 974 g/mol. The van der Waals surface area contributed by atoms with Gasteiger partial charge >= 0.3 is 0 Å². The topological polar surface area (TPSA) is 11.4 Å². The van der Waals surface area contributed by atoms with E-state index in [0.717, 1.165) is 11.4 Å². The van der Waals surface area contributed by atoms with Gasteiger partial charge in [0.05, 0.1) is 11.2 Å². The van der Waals surface area contributed by atoms with E-state index < -0.39 is 0 Å². The van der Waals surface area contributed by atoms with Crippen molar-refractivity contribution in [2.45, 2.75) is 115 Å². The van der Waals surface area contributed by atoms with Gasteiger partial charge < -0.3 is 14.4 Å². The Balaban J connectivity index is 1.19. The third-order valence-electron chi connectivity index (χ3n) is 15.3. The molecule has 0 amide bonds. The first kappa shape index (κ1) is 46.6. The van der Waals surface area contributed by atoms with Gasteiger partial charge in [0.15, 0.2) is 0 Å². The van der Waals surface area contributed by atoms with E-state index in [9.17, 15) is 0 Å². The van der Waals surface area contributed by atoms with Crippen LogP contribution in [0.1, 0.15) is 105 Å². The van der Waals surface area contributed by atoms with Crippen molar-refractivity contribution in [2.24, 2.45) is 0 Å². The molecule has 0 aliphatic carbocycles. The van der Waals surface area contributed by atoms with E-state index in [-0.39, 0.29) is 28.4 Å². The summed E-state index contributed by atoms with van der Waals surface area (Å²) in [6.45, 7) is 27.5. The number of rotatable bonds is 5. The van der Waals surface area contributed by atoms with Gasteiger partial charge in [-0.3, -0.25) is 0 Å². The molecule has 72 heavy (non-hydrogen) atoms. The molecule has 6 heteroatoms. The SMILES string of the molecule is CC(C)(C)c1ccc(Sc2ccc3c(c2)N(c2ccc(C(C)(C)C)cc2)c2cccc4c2B3c2c(c3c5sc6ccccc6c5ccc3n2-c2ccc(C(C)(C)C)cc2)N4c2ccc(C(C)(C)C)cc2)cc1. The van der Waals surface area contributed by atoms with E-state index >= 15 is 0 Å². The van der Waals surface area contributed by atoms with Crippen molar-refractivity contribution in [2.75, 3.05) is 9.80 Å². The molecule has 2 aliphatic rings. The first-order valence-electron chi connectivity index (χ1n) is 25.7. The van der Waals surface area contributed by atoms with Crippen LogP contribution < -0.4 is 26.3 Å². The fraction of sp³-hybridized carbons (Fsp3) is 0.242. The van der Waals surface area contributed by atoms with Crippen molar-refractivity contribution < 1.29 is 0 Å². The molecular formula is C66H64BN3S2. The molecule has 0 N–H and O–H groups in total. The van der Waals surface area contributed by atoms with Crippen molar-refractivity contribution in [3.63, 3.8) is 0 Å². The highest BCUT2D eigenvalue weighted by Crippen LogP contribution is 2.51. The standard InChI is InChI=1S/C66H64BN3S2/c1-63(2,3)41-20-28-45(29-21-41)68-54-17-15-18-55-59(54)67(52-38-36-49(40-56(52)68)71-48-34-26-44(27-35-48)66(10,11)12)62-60(69(55)46-30-22-42(23-31-46)64(4,5)6)58-53(70(62)47-32-24-43(25-33-47)65(7,8)9)39-37-51-50-16-13-14-19-57(50)72-61(51)58/h13-40H,1-12H3. The molecule has 0 radical (unpaired) electrons. The lowest BCUT2D eigenvalue weighted by atomic mass is 9.35. The quantitative estimate of drug-likeness (QED) is 0.159. The zero-order chi connectivity index (χ0) is 50.2. The summed E-state index contributed by atoms with van der Waals surface area (Å²) in [5.74, 6) is 0.